The average molecular weight is 476 g/mol. The van der Waals surface area contributed by atoms with Gasteiger partial charge in [-0.2, -0.15) is 0 Å². The van der Waals surface area contributed by atoms with Crippen LogP contribution in [0.3, 0.4) is 0 Å². The van der Waals surface area contributed by atoms with E-state index in [1.807, 2.05) is 24.3 Å². The zero-order valence-corrected chi connectivity index (χ0v) is 18.8. The molecule has 172 valence electrons. The summed E-state index contributed by atoms with van der Waals surface area (Å²) in [5.41, 5.74) is 5.05. The molecule has 1 saturated heterocycles. The molecule has 0 unspecified atom stereocenters. The van der Waals surface area contributed by atoms with Crippen molar-refractivity contribution in [2.75, 3.05) is 23.6 Å². The molecule has 1 aliphatic carbocycles. The van der Waals surface area contributed by atoms with Gasteiger partial charge in [0.1, 0.15) is 18.3 Å². The Hall–Kier alpha value is -3.85. The lowest BCUT2D eigenvalue weighted by Gasteiger charge is -2.20. The number of fused-ring (bicyclic) bond motifs is 3. The number of nitrogens with one attached hydrogen (secondary N) is 1. The number of hydrogen-bond donors (Lipinski definition) is 2. The molecule has 2 aromatic carbocycles. The van der Waals surface area contributed by atoms with E-state index >= 15 is 0 Å². The first-order chi connectivity index (χ1) is 16.5. The Kier molecular flexibility index (Phi) is 5.93. The van der Waals surface area contributed by atoms with Gasteiger partial charge in [0, 0.05) is 11.7 Å². The van der Waals surface area contributed by atoms with E-state index in [1.165, 1.54) is 28.9 Å². The number of nitrogens with zero attached hydrogens (tertiary/aromatic N) is 2. The van der Waals surface area contributed by atoms with Gasteiger partial charge in [-0.3, -0.25) is 10.1 Å². The molecule has 2 amide bonds. The second kappa shape index (κ2) is 9.18. The van der Waals surface area contributed by atoms with Gasteiger partial charge in [0.2, 0.25) is 0 Å². The lowest BCUT2D eigenvalue weighted by atomic mass is 9.98. The van der Waals surface area contributed by atoms with Crippen molar-refractivity contribution in [1.29, 1.82) is 0 Å². The highest BCUT2D eigenvalue weighted by atomic mass is 32.2. The van der Waals surface area contributed by atoms with Gasteiger partial charge in [-0.15, -0.1) is 11.8 Å². The average Bonchev–Trinajstić information content (AvgIpc) is 3.46. The maximum Gasteiger partial charge on any atom is 0.411 e. The summed E-state index contributed by atoms with van der Waals surface area (Å²) in [5.74, 6) is -0.881. The number of rotatable bonds is 5. The van der Waals surface area contributed by atoms with E-state index in [2.05, 4.69) is 34.6 Å². The number of carboxylic acid groups (broad SMARTS) is 1. The van der Waals surface area contributed by atoms with Crippen LogP contribution in [0, 0.1) is 0 Å². The summed E-state index contributed by atoms with van der Waals surface area (Å²) in [7, 11) is 0. The third-order valence-corrected chi connectivity index (χ3v) is 7.01. The molecule has 2 heterocycles. The number of amides is 2. The third kappa shape index (κ3) is 4.10. The maximum absolute atomic E-state index is 12.6. The standard InChI is InChI=1S/C25H21N3O5S/c29-23(28-14-34-13-22(28)24(30)31)21-10-9-15(11-26-21)27-25(32)33-12-20-18-7-3-1-5-16(18)17-6-2-4-8-19(17)20/h1-11,20,22H,12-14H2,(H,27,32)(H,30,31)/t22-/m0/s1. The van der Waals surface area contributed by atoms with Gasteiger partial charge in [0.15, 0.2) is 0 Å². The first-order valence-corrected chi connectivity index (χ1v) is 11.9. The summed E-state index contributed by atoms with van der Waals surface area (Å²) in [5, 5.41) is 11.9. The van der Waals surface area contributed by atoms with Gasteiger partial charge in [-0.05, 0) is 34.4 Å². The smallest absolute Gasteiger partial charge is 0.411 e. The highest BCUT2D eigenvalue weighted by Crippen LogP contribution is 2.44. The molecule has 1 fully saturated rings. The van der Waals surface area contributed by atoms with Crippen molar-refractivity contribution in [3.05, 3.63) is 83.7 Å². The van der Waals surface area contributed by atoms with E-state index in [-0.39, 0.29) is 18.2 Å². The largest absolute Gasteiger partial charge is 0.480 e. The Morgan fingerprint density at radius 3 is 2.32 bits per heavy atom. The molecule has 2 N–H and O–H groups in total. The number of aliphatic carboxylic acids is 1. The van der Waals surface area contributed by atoms with E-state index in [4.69, 9.17) is 4.74 Å². The number of benzene rings is 2. The normalized spacial score (nSPS) is 16.6. The van der Waals surface area contributed by atoms with Crippen LogP contribution in [0.15, 0.2) is 66.9 Å². The number of carbonyl (C=O) groups excluding carboxylic acids is 2. The van der Waals surface area contributed by atoms with Crippen LogP contribution < -0.4 is 5.32 Å². The summed E-state index contributed by atoms with van der Waals surface area (Å²) < 4.78 is 5.52. The molecule has 9 heteroatoms. The summed E-state index contributed by atoms with van der Waals surface area (Å²) in [6.45, 7) is 0.188. The molecule has 34 heavy (non-hydrogen) atoms. The fraction of sp³-hybridized carbons (Fsp3) is 0.200. The Bertz CT molecular complexity index is 1220. The molecule has 1 atom stereocenters. The Morgan fingerprint density at radius 1 is 1.03 bits per heavy atom. The van der Waals surface area contributed by atoms with Crippen LogP contribution in [0.25, 0.3) is 11.1 Å². The zero-order valence-electron chi connectivity index (χ0n) is 18.0. The van der Waals surface area contributed by atoms with Gasteiger partial charge < -0.3 is 14.7 Å². The minimum absolute atomic E-state index is 0.0446. The van der Waals surface area contributed by atoms with Crippen LogP contribution in [0.4, 0.5) is 10.5 Å². The van der Waals surface area contributed by atoms with Crippen molar-refractivity contribution < 1.29 is 24.2 Å². The van der Waals surface area contributed by atoms with Gasteiger partial charge >= 0.3 is 12.1 Å². The van der Waals surface area contributed by atoms with Crippen molar-refractivity contribution in [2.45, 2.75) is 12.0 Å². The predicted molar refractivity (Wildman–Crippen MR) is 128 cm³/mol. The van der Waals surface area contributed by atoms with E-state index in [1.54, 1.807) is 6.07 Å². The zero-order chi connectivity index (χ0) is 23.7. The molecule has 3 aromatic rings. The highest BCUT2D eigenvalue weighted by molar-refractivity contribution is 7.99. The maximum atomic E-state index is 12.6. The quantitative estimate of drug-likeness (QED) is 0.573. The SMILES string of the molecule is O=C(Nc1ccc(C(=O)N2CSC[C@H]2C(=O)O)nc1)OCC1c2ccccc2-c2ccccc21. The van der Waals surface area contributed by atoms with Gasteiger partial charge in [-0.1, -0.05) is 48.5 Å². The van der Waals surface area contributed by atoms with E-state index in [0.29, 0.717) is 17.3 Å². The van der Waals surface area contributed by atoms with Crippen molar-refractivity contribution in [3.63, 3.8) is 0 Å². The Morgan fingerprint density at radius 2 is 1.71 bits per heavy atom. The summed E-state index contributed by atoms with van der Waals surface area (Å²) in [6.07, 6.45) is 0.734. The van der Waals surface area contributed by atoms with E-state index in [9.17, 15) is 19.5 Å². The van der Waals surface area contributed by atoms with Crippen LogP contribution in [-0.2, 0) is 9.53 Å². The van der Waals surface area contributed by atoms with Crippen molar-refractivity contribution in [3.8, 4) is 11.1 Å². The second-order valence-electron chi connectivity index (χ2n) is 8.01. The summed E-state index contributed by atoms with van der Waals surface area (Å²) >= 11 is 1.38. The number of carbonyl (C=O) groups is 3. The van der Waals surface area contributed by atoms with E-state index in [0.717, 1.165) is 22.3 Å². The molecule has 2 aliphatic rings. The lowest BCUT2D eigenvalue weighted by Crippen LogP contribution is -2.42. The number of ether oxygens (including phenoxy) is 1. The number of thioether (sulfide) groups is 1. The molecular formula is C25H21N3O5S. The molecule has 0 spiro atoms. The monoisotopic (exact) mass is 475 g/mol. The minimum atomic E-state index is -1.04. The van der Waals surface area contributed by atoms with Crippen molar-refractivity contribution in [2.24, 2.45) is 0 Å². The molecule has 5 rings (SSSR count). The number of hydrogen-bond acceptors (Lipinski definition) is 6. The summed E-state index contributed by atoms with van der Waals surface area (Å²) in [4.78, 5) is 41.8. The lowest BCUT2D eigenvalue weighted by molar-refractivity contribution is -0.140. The fourth-order valence-electron chi connectivity index (χ4n) is 4.34. The van der Waals surface area contributed by atoms with Crippen molar-refractivity contribution >= 4 is 35.4 Å². The molecule has 0 radical (unpaired) electrons. The number of pyridine rings is 1. The van der Waals surface area contributed by atoms with Gasteiger partial charge in [0.25, 0.3) is 5.91 Å². The summed E-state index contributed by atoms with van der Waals surface area (Å²) in [6, 6.07) is 18.3. The highest BCUT2D eigenvalue weighted by Gasteiger charge is 2.35. The number of anilines is 1. The number of aromatic nitrogens is 1. The first-order valence-electron chi connectivity index (χ1n) is 10.7. The second-order valence-corrected chi connectivity index (χ2v) is 9.01. The minimum Gasteiger partial charge on any atom is -0.480 e. The predicted octanol–water partition coefficient (Wildman–Crippen LogP) is 4.04. The van der Waals surface area contributed by atoms with Crippen molar-refractivity contribution in [1.82, 2.24) is 9.88 Å². The van der Waals surface area contributed by atoms with Crippen LogP contribution >= 0.6 is 11.8 Å². The Balaban J connectivity index is 1.21. The van der Waals surface area contributed by atoms with Crippen LogP contribution in [0.5, 0.6) is 0 Å². The molecular weight excluding hydrogens is 454 g/mol. The molecule has 1 aliphatic heterocycles. The fourth-order valence-corrected chi connectivity index (χ4v) is 5.49. The molecule has 1 aromatic heterocycles. The Labute approximate surface area is 199 Å². The first kappa shape index (κ1) is 22.0. The molecule has 0 saturated carbocycles. The molecule has 0 bridgehead atoms. The van der Waals surface area contributed by atoms with Gasteiger partial charge in [0.05, 0.1) is 17.8 Å². The topological polar surface area (TPSA) is 109 Å². The van der Waals surface area contributed by atoms with Crippen LogP contribution in [-0.4, -0.2) is 57.2 Å². The van der Waals surface area contributed by atoms with Crippen LogP contribution in [0.2, 0.25) is 0 Å². The van der Waals surface area contributed by atoms with E-state index < -0.39 is 24.0 Å². The van der Waals surface area contributed by atoms with Crippen LogP contribution in [0.1, 0.15) is 27.5 Å². The number of carboxylic acids is 1. The molecule has 8 nitrogen and oxygen atoms in total. The van der Waals surface area contributed by atoms with Gasteiger partial charge in [-0.25, -0.2) is 14.6 Å². The third-order valence-electron chi connectivity index (χ3n) is 6.00.